The van der Waals surface area contributed by atoms with E-state index in [1.807, 2.05) is 6.92 Å². The maximum absolute atomic E-state index is 5.82. The number of hydrogen-bond donors (Lipinski definition) is 1. The van der Waals surface area contributed by atoms with Gasteiger partial charge in [-0.25, -0.2) is 9.97 Å². The van der Waals surface area contributed by atoms with Crippen LogP contribution in [0.1, 0.15) is 36.9 Å². The number of nitrogens with two attached hydrogens (primary N) is 1. The molecule has 0 radical (unpaired) electrons. The number of rotatable bonds is 4. The van der Waals surface area contributed by atoms with Crippen LogP contribution >= 0.6 is 0 Å². The zero-order valence-electron chi connectivity index (χ0n) is 11.1. The minimum Gasteiger partial charge on any atom is -0.460 e. The highest BCUT2D eigenvalue weighted by atomic mass is 16.5. The van der Waals surface area contributed by atoms with Gasteiger partial charge in [-0.15, -0.1) is 0 Å². The summed E-state index contributed by atoms with van der Waals surface area (Å²) in [6.07, 6.45) is 6.40. The summed E-state index contributed by atoms with van der Waals surface area (Å²) in [4.78, 5) is 8.54. The Bertz CT molecular complexity index is 398. The van der Waals surface area contributed by atoms with E-state index in [1.165, 1.54) is 0 Å². The van der Waals surface area contributed by atoms with Gasteiger partial charge in [0, 0.05) is 37.5 Å². The van der Waals surface area contributed by atoms with Crippen LogP contribution in [0.2, 0.25) is 0 Å². The number of ether oxygens (including phenoxy) is 2. The van der Waals surface area contributed by atoms with Gasteiger partial charge in [0.1, 0.15) is 6.10 Å². The molecule has 18 heavy (non-hydrogen) atoms. The van der Waals surface area contributed by atoms with Crippen molar-refractivity contribution in [1.29, 1.82) is 0 Å². The lowest BCUT2D eigenvalue weighted by atomic mass is 9.95. The zero-order valence-corrected chi connectivity index (χ0v) is 11.1. The van der Waals surface area contributed by atoms with Crippen LogP contribution in [0.15, 0.2) is 6.20 Å². The minimum atomic E-state index is 0.159. The van der Waals surface area contributed by atoms with Gasteiger partial charge in [0.25, 0.3) is 0 Å². The Hall–Kier alpha value is -1.20. The molecule has 1 aliphatic carbocycles. The minimum absolute atomic E-state index is 0.159. The molecule has 5 nitrogen and oxygen atoms in total. The third-order valence-electron chi connectivity index (χ3n) is 3.46. The van der Waals surface area contributed by atoms with Gasteiger partial charge in [-0.05, 0) is 26.2 Å². The van der Waals surface area contributed by atoms with Crippen molar-refractivity contribution < 1.29 is 9.47 Å². The molecule has 1 heterocycles. The first-order chi connectivity index (χ1) is 8.72. The van der Waals surface area contributed by atoms with E-state index >= 15 is 0 Å². The zero-order chi connectivity index (χ0) is 13.0. The Morgan fingerprint density at radius 2 is 2.17 bits per heavy atom. The second-order valence-electron chi connectivity index (χ2n) is 4.73. The molecule has 1 fully saturated rings. The van der Waals surface area contributed by atoms with Gasteiger partial charge in [0.05, 0.1) is 6.10 Å². The first-order valence-electron chi connectivity index (χ1n) is 6.45. The molecular formula is C13H21N3O2. The molecule has 5 heteroatoms. The van der Waals surface area contributed by atoms with Crippen molar-refractivity contribution in [2.75, 3.05) is 7.11 Å². The highest BCUT2D eigenvalue weighted by molar-refractivity contribution is 5.17. The lowest BCUT2D eigenvalue weighted by Crippen LogP contribution is -2.30. The van der Waals surface area contributed by atoms with E-state index in [0.717, 1.165) is 36.9 Å². The molecule has 0 spiro atoms. The van der Waals surface area contributed by atoms with Gasteiger partial charge < -0.3 is 15.2 Å². The van der Waals surface area contributed by atoms with Crippen molar-refractivity contribution >= 4 is 0 Å². The average molecular weight is 251 g/mol. The summed E-state index contributed by atoms with van der Waals surface area (Å²) in [5, 5.41) is 0. The highest BCUT2D eigenvalue weighted by Crippen LogP contribution is 2.24. The van der Waals surface area contributed by atoms with E-state index < -0.39 is 0 Å². The van der Waals surface area contributed by atoms with Crippen molar-refractivity contribution in [3.05, 3.63) is 17.5 Å². The number of aromatic nitrogens is 2. The van der Waals surface area contributed by atoms with Crippen LogP contribution in [-0.4, -0.2) is 29.3 Å². The molecular weight excluding hydrogens is 230 g/mol. The SMILES string of the molecule is COC1CCCC(Oc2ncc(CN)c(C)n2)C1. The molecule has 1 saturated carbocycles. The van der Waals surface area contributed by atoms with Gasteiger partial charge in [0.2, 0.25) is 0 Å². The van der Waals surface area contributed by atoms with Crippen molar-refractivity contribution in [2.24, 2.45) is 5.73 Å². The van der Waals surface area contributed by atoms with Gasteiger partial charge >= 0.3 is 6.01 Å². The van der Waals surface area contributed by atoms with Gasteiger partial charge in [-0.1, -0.05) is 0 Å². The van der Waals surface area contributed by atoms with Crippen LogP contribution in [0.5, 0.6) is 6.01 Å². The van der Waals surface area contributed by atoms with Gasteiger partial charge in [0.15, 0.2) is 0 Å². The van der Waals surface area contributed by atoms with Crippen LogP contribution in [0.4, 0.5) is 0 Å². The van der Waals surface area contributed by atoms with Crippen molar-refractivity contribution in [1.82, 2.24) is 9.97 Å². The molecule has 0 aliphatic heterocycles. The molecule has 2 N–H and O–H groups in total. The predicted octanol–water partition coefficient (Wildman–Crippen LogP) is 1.58. The molecule has 1 aromatic heterocycles. The van der Waals surface area contributed by atoms with Crippen LogP contribution in [-0.2, 0) is 11.3 Å². The third-order valence-corrected chi connectivity index (χ3v) is 3.46. The smallest absolute Gasteiger partial charge is 0.316 e. The maximum atomic E-state index is 5.82. The lowest BCUT2D eigenvalue weighted by Gasteiger charge is -2.27. The topological polar surface area (TPSA) is 70.3 Å². The molecule has 0 saturated heterocycles. The summed E-state index contributed by atoms with van der Waals surface area (Å²) in [6, 6.07) is 0.450. The van der Waals surface area contributed by atoms with Crippen molar-refractivity contribution in [3.8, 4) is 6.01 Å². The highest BCUT2D eigenvalue weighted by Gasteiger charge is 2.23. The van der Waals surface area contributed by atoms with E-state index in [4.69, 9.17) is 15.2 Å². The third kappa shape index (κ3) is 3.17. The Labute approximate surface area is 108 Å². The lowest BCUT2D eigenvalue weighted by molar-refractivity contribution is 0.0178. The molecule has 0 aromatic carbocycles. The Balaban J connectivity index is 1.98. The average Bonchev–Trinajstić information content (AvgIpc) is 2.39. The molecule has 0 bridgehead atoms. The van der Waals surface area contributed by atoms with Gasteiger partial charge in [-0.3, -0.25) is 0 Å². The van der Waals surface area contributed by atoms with E-state index in [9.17, 15) is 0 Å². The van der Waals surface area contributed by atoms with Crippen LogP contribution in [0, 0.1) is 6.92 Å². The molecule has 100 valence electrons. The monoisotopic (exact) mass is 251 g/mol. The van der Waals surface area contributed by atoms with Crippen LogP contribution < -0.4 is 10.5 Å². The summed E-state index contributed by atoms with van der Waals surface area (Å²) in [7, 11) is 1.75. The Kier molecular flexibility index (Phi) is 4.49. The summed E-state index contributed by atoms with van der Waals surface area (Å²) in [6.45, 7) is 2.39. The standard InChI is InChI=1S/C13H21N3O2/c1-9-10(7-14)8-15-13(16-9)18-12-5-3-4-11(6-12)17-2/h8,11-12H,3-7,14H2,1-2H3. The fourth-order valence-electron chi connectivity index (χ4n) is 2.30. The summed E-state index contributed by atoms with van der Waals surface area (Å²) >= 11 is 0. The van der Waals surface area contributed by atoms with E-state index in [1.54, 1.807) is 13.3 Å². The number of methoxy groups -OCH3 is 1. The second kappa shape index (κ2) is 6.11. The number of hydrogen-bond acceptors (Lipinski definition) is 5. The molecule has 1 aliphatic rings. The molecule has 2 atom stereocenters. The van der Waals surface area contributed by atoms with E-state index in [2.05, 4.69) is 9.97 Å². The van der Waals surface area contributed by atoms with Gasteiger partial charge in [-0.2, -0.15) is 0 Å². The second-order valence-corrected chi connectivity index (χ2v) is 4.73. The van der Waals surface area contributed by atoms with E-state index in [0.29, 0.717) is 18.7 Å². The first kappa shape index (κ1) is 13.2. The van der Waals surface area contributed by atoms with Crippen molar-refractivity contribution in [3.63, 3.8) is 0 Å². The number of aryl methyl sites for hydroxylation is 1. The fraction of sp³-hybridized carbons (Fsp3) is 0.692. The number of nitrogens with zero attached hydrogens (tertiary/aromatic N) is 2. The summed E-state index contributed by atoms with van der Waals surface area (Å²) in [5.74, 6) is 0. The van der Waals surface area contributed by atoms with E-state index in [-0.39, 0.29) is 6.10 Å². The normalized spacial score (nSPS) is 23.9. The summed E-state index contributed by atoms with van der Waals surface area (Å²) < 4.78 is 11.2. The fourth-order valence-corrected chi connectivity index (χ4v) is 2.30. The quantitative estimate of drug-likeness (QED) is 0.879. The molecule has 2 rings (SSSR count). The van der Waals surface area contributed by atoms with Crippen LogP contribution in [0.3, 0.4) is 0 Å². The van der Waals surface area contributed by atoms with Crippen LogP contribution in [0.25, 0.3) is 0 Å². The molecule has 0 amide bonds. The maximum Gasteiger partial charge on any atom is 0.316 e. The molecule has 1 aromatic rings. The van der Waals surface area contributed by atoms with Crippen molar-refractivity contribution in [2.45, 2.75) is 51.4 Å². The largest absolute Gasteiger partial charge is 0.460 e. The predicted molar refractivity (Wildman–Crippen MR) is 68.3 cm³/mol. The Morgan fingerprint density at radius 1 is 1.39 bits per heavy atom. The molecule has 2 unspecified atom stereocenters. The summed E-state index contributed by atoms with van der Waals surface area (Å²) in [5.41, 5.74) is 7.43. The Morgan fingerprint density at radius 3 is 2.83 bits per heavy atom. The first-order valence-corrected chi connectivity index (χ1v) is 6.45.